The Labute approximate surface area is 155 Å². The molecule has 0 N–H and O–H groups in total. The van der Waals surface area contributed by atoms with E-state index in [9.17, 15) is 0 Å². The molecule has 2 unspecified atom stereocenters. The molecule has 2 aliphatic rings. The first-order chi connectivity index (χ1) is 12.6. The van der Waals surface area contributed by atoms with Gasteiger partial charge in [0.05, 0.1) is 0 Å². The van der Waals surface area contributed by atoms with Crippen molar-refractivity contribution in [1.82, 2.24) is 14.5 Å². The Kier molecular flexibility index (Phi) is 3.68. The maximum absolute atomic E-state index is 4.40. The molecule has 0 bridgehead atoms. The molecule has 5 rings (SSSR count). The molecule has 2 aliphatic heterocycles. The number of pyridine rings is 1. The minimum absolute atomic E-state index is 0.623. The van der Waals surface area contributed by atoms with Crippen molar-refractivity contribution in [2.24, 2.45) is 0 Å². The summed E-state index contributed by atoms with van der Waals surface area (Å²) >= 11 is 0. The molecule has 0 radical (unpaired) electrons. The molecule has 2 aromatic heterocycles. The first kappa shape index (κ1) is 16.1. The van der Waals surface area contributed by atoms with Gasteiger partial charge in [0.2, 0.25) is 0 Å². The van der Waals surface area contributed by atoms with E-state index in [0.717, 1.165) is 18.8 Å². The molecule has 134 valence electrons. The van der Waals surface area contributed by atoms with Crippen LogP contribution in [0.4, 0.5) is 0 Å². The Morgan fingerprint density at radius 2 is 1.96 bits per heavy atom. The molecule has 4 heterocycles. The largest absolute Gasteiger partial charge is 0.344 e. The van der Waals surface area contributed by atoms with Gasteiger partial charge >= 0.3 is 0 Å². The summed E-state index contributed by atoms with van der Waals surface area (Å²) in [5.74, 6) is 1.25. The van der Waals surface area contributed by atoms with E-state index < -0.39 is 0 Å². The number of aryl methyl sites for hydroxylation is 3. The number of fused-ring (bicyclic) bond motifs is 3. The van der Waals surface area contributed by atoms with E-state index in [2.05, 4.69) is 65.7 Å². The molecule has 0 saturated heterocycles. The van der Waals surface area contributed by atoms with E-state index in [4.69, 9.17) is 0 Å². The minimum atomic E-state index is 0.623. The zero-order valence-electron chi connectivity index (χ0n) is 16.0. The third-order valence-electron chi connectivity index (χ3n) is 6.38. The van der Waals surface area contributed by atoms with Crippen LogP contribution in [0.5, 0.6) is 0 Å². The fourth-order valence-electron chi connectivity index (χ4n) is 5.29. The van der Waals surface area contributed by atoms with Gasteiger partial charge in [-0.25, -0.2) is 0 Å². The highest BCUT2D eigenvalue weighted by Gasteiger charge is 2.34. The molecule has 3 nitrogen and oxygen atoms in total. The van der Waals surface area contributed by atoms with Crippen molar-refractivity contribution in [3.05, 3.63) is 64.6 Å². The van der Waals surface area contributed by atoms with Crippen LogP contribution in [0.1, 0.15) is 52.8 Å². The highest BCUT2D eigenvalue weighted by atomic mass is 15.1. The molecule has 1 aromatic carbocycles. The molecule has 0 aliphatic carbocycles. The van der Waals surface area contributed by atoms with Crippen molar-refractivity contribution in [1.29, 1.82) is 0 Å². The Morgan fingerprint density at radius 3 is 2.81 bits per heavy atom. The Hall–Kier alpha value is -2.13. The SMILES string of the molecule is Cc1ccc2c(c1)c1c3n2CCC(c2ccnc(C)c2)CC3CN(C)C1. The van der Waals surface area contributed by atoms with Gasteiger partial charge < -0.3 is 9.47 Å². The molecule has 2 atom stereocenters. The molecule has 3 heteroatoms. The lowest BCUT2D eigenvalue weighted by molar-refractivity contribution is 0.268. The molecule has 0 spiro atoms. The average molecular weight is 345 g/mol. The quantitative estimate of drug-likeness (QED) is 0.634. The number of benzene rings is 1. The summed E-state index contributed by atoms with van der Waals surface area (Å²) in [6.45, 7) is 7.69. The third kappa shape index (κ3) is 2.49. The van der Waals surface area contributed by atoms with Crippen LogP contribution >= 0.6 is 0 Å². The summed E-state index contributed by atoms with van der Waals surface area (Å²) in [7, 11) is 2.28. The van der Waals surface area contributed by atoms with E-state index in [1.807, 2.05) is 6.20 Å². The van der Waals surface area contributed by atoms with Crippen LogP contribution < -0.4 is 0 Å². The fraction of sp³-hybridized carbons (Fsp3) is 0.435. The Balaban J connectivity index is 1.63. The normalized spacial score (nSPS) is 23.0. The molecule has 0 saturated carbocycles. The zero-order chi connectivity index (χ0) is 17.8. The van der Waals surface area contributed by atoms with Crippen molar-refractivity contribution in [2.75, 3.05) is 13.6 Å². The summed E-state index contributed by atoms with van der Waals surface area (Å²) < 4.78 is 2.65. The molecule has 3 aromatic rings. The van der Waals surface area contributed by atoms with Crippen LogP contribution in [0.2, 0.25) is 0 Å². The van der Waals surface area contributed by atoms with Gasteiger partial charge in [0.15, 0.2) is 0 Å². The Morgan fingerprint density at radius 1 is 1.08 bits per heavy atom. The van der Waals surface area contributed by atoms with Crippen LogP contribution in [-0.4, -0.2) is 28.0 Å². The number of nitrogens with zero attached hydrogens (tertiary/aromatic N) is 3. The lowest BCUT2D eigenvalue weighted by Crippen LogP contribution is -2.31. The maximum Gasteiger partial charge on any atom is 0.0486 e. The highest BCUT2D eigenvalue weighted by Crippen LogP contribution is 2.44. The number of rotatable bonds is 1. The highest BCUT2D eigenvalue weighted by molar-refractivity contribution is 5.87. The maximum atomic E-state index is 4.40. The van der Waals surface area contributed by atoms with E-state index in [1.54, 1.807) is 11.3 Å². The lowest BCUT2D eigenvalue weighted by atomic mass is 9.83. The van der Waals surface area contributed by atoms with Crippen molar-refractivity contribution < 1.29 is 0 Å². The second-order valence-corrected chi connectivity index (χ2v) is 8.38. The third-order valence-corrected chi connectivity index (χ3v) is 6.38. The van der Waals surface area contributed by atoms with E-state index in [-0.39, 0.29) is 0 Å². The standard InChI is InChI=1S/C23H27N3/c1-15-4-5-22-20(10-15)21-14-25(3)13-19-12-18(7-9-26(22)23(19)21)17-6-8-24-16(2)11-17/h4-6,8,10-11,18-19H,7,9,12-14H2,1-3H3. The van der Waals surface area contributed by atoms with E-state index >= 15 is 0 Å². The van der Waals surface area contributed by atoms with Crippen LogP contribution in [0.3, 0.4) is 0 Å². The van der Waals surface area contributed by atoms with Crippen molar-refractivity contribution in [2.45, 2.75) is 51.6 Å². The van der Waals surface area contributed by atoms with Crippen LogP contribution in [0, 0.1) is 13.8 Å². The van der Waals surface area contributed by atoms with Gasteiger partial charge in [-0.2, -0.15) is 0 Å². The minimum Gasteiger partial charge on any atom is -0.344 e. The lowest BCUT2D eigenvalue weighted by Gasteiger charge is -2.32. The average Bonchev–Trinajstić information content (AvgIpc) is 2.78. The van der Waals surface area contributed by atoms with E-state index in [0.29, 0.717) is 11.8 Å². The predicted molar refractivity (Wildman–Crippen MR) is 107 cm³/mol. The summed E-state index contributed by atoms with van der Waals surface area (Å²) in [5.41, 5.74) is 8.61. The number of hydrogen-bond acceptors (Lipinski definition) is 2. The van der Waals surface area contributed by atoms with Crippen LogP contribution in [-0.2, 0) is 13.1 Å². The summed E-state index contributed by atoms with van der Waals surface area (Å²) in [5, 5.41) is 1.48. The summed E-state index contributed by atoms with van der Waals surface area (Å²) in [4.78, 5) is 6.91. The van der Waals surface area contributed by atoms with Gasteiger partial charge in [0.1, 0.15) is 0 Å². The number of hydrogen-bond donors (Lipinski definition) is 0. The fourth-order valence-corrected chi connectivity index (χ4v) is 5.29. The second kappa shape index (κ2) is 5.95. The van der Waals surface area contributed by atoms with Gasteiger partial charge in [-0.1, -0.05) is 11.6 Å². The van der Waals surface area contributed by atoms with Gasteiger partial charge in [0.25, 0.3) is 0 Å². The monoisotopic (exact) mass is 345 g/mol. The molecular formula is C23H27N3. The predicted octanol–water partition coefficient (Wildman–Crippen LogP) is 4.76. The van der Waals surface area contributed by atoms with E-state index in [1.165, 1.54) is 41.4 Å². The number of likely N-dealkylation sites (N-methyl/N-ethyl adjacent to an activating group) is 1. The summed E-state index contributed by atoms with van der Waals surface area (Å²) in [6, 6.07) is 11.5. The second-order valence-electron chi connectivity index (χ2n) is 8.38. The Bertz CT molecular complexity index is 985. The van der Waals surface area contributed by atoms with Crippen molar-refractivity contribution in [3.8, 4) is 0 Å². The molecule has 26 heavy (non-hydrogen) atoms. The van der Waals surface area contributed by atoms with Gasteiger partial charge in [0, 0.05) is 54.0 Å². The van der Waals surface area contributed by atoms with Crippen LogP contribution in [0.25, 0.3) is 10.9 Å². The molecular weight excluding hydrogens is 318 g/mol. The molecule has 0 fully saturated rings. The summed E-state index contributed by atoms with van der Waals surface area (Å²) in [6.07, 6.45) is 4.44. The van der Waals surface area contributed by atoms with Crippen molar-refractivity contribution in [3.63, 3.8) is 0 Å². The van der Waals surface area contributed by atoms with Gasteiger partial charge in [-0.3, -0.25) is 4.98 Å². The molecule has 0 amide bonds. The topological polar surface area (TPSA) is 21.1 Å². The van der Waals surface area contributed by atoms with Crippen LogP contribution in [0.15, 0.2) is 36.5 Å². The first-order valence-corrected chi connectivity index (χ1v) is 9.83. The number of aromatic nitrogens is 2. The van der Waals surface area contributed by atoms with Gasteiger partial charge in [-0.15, -0.1) is 0 Å². The van der Waals surface area contributed by atoms with Gasteiger partial charge in [-0.05, 0) is 75.0 Å². The first-order valence-electron chi connectivity index (χ1n) is 9.83. The zero-order valence-corrected chi connectivity index (χ0v) is 16.0. The van der Waals surface area contributed by atoms with Crippen molar-refractivity contribution >= 4 is 10.9 Å². The smallest absolute Gasteiger partial charge is 0.0486 e.